The van der Waals surface area contributed by atoms with Crippen molar-refractivity contribution in [2.75, 3.05) is 13.2 Å². The van der Waals surface area contributed by atoms with Gasteiger partial charge in [-0.05, 0) is 68.7 Å². The lowest BCUT2D eigenvalue weighted by molar-refractivity contribution is -0.116. The summed E-state index contributed by atoms with van der Waals surface area (Å²) in [6.07, 6.45) is 6.29. The first-order chi connectivity index (χ1) is 14.0. The molecule has 2 heterocycles. The third kappa shape index (κ3) is 5.67. The summed E-state index contributed by atoms with van der Waals surface area (Å²) in [5.41, 5.74) is 3.16. The molecule has 0 radical (unpaired) electrons. The van der Waals surface area contributed by atoms with E-state index in [0.717, 1.165) is 12.8 Å². The second-order valence-electron chi connectivity index (χ2n) is 7.05. The Kier molecular flexibility index (Phi) is 7.45. The van der Waals surface area contributed by atoms with Gasteiger partial charge in [-0.2, -0.15) is 0 Å². The van der Waals surface area contributed by atoms with Crippen LogP contribution in [0.1, 0.15) is 44.0 Å². The number of carbonyl (C=O) groups is 2. The molecule has 0 atom stereocenters. The summed E-state index contributed by atoms with van der Waals surface area (Å²) < 4.78 is 12.1. The zero-order valence-electron chi connectivity index (χ0n) is 16.8. The normalized spacial score (nSPS) is 16.4. The molecular formula is C23H24O4S2. The quantitative estimate of drug-likeness (QED) is 0.312. The van der Waals surface area contributed by atoms with E-state index in [1.54, 1.807) is 18.2 Å². The number of hydrogen-bond donors (Lipinski definition) is 0. The van der Waals surface area contributed by atoms with Gasteiger partial charge in [-0.25, -0.2) is 0 Å². The van der Waals surface area contributed by atoms with Crippen LogP contribution < -0.4 is 9.47 Å². The largest absolute Gasteiger partial charge is 0.490 e. The van der Waals surface area contributed by atoms with Gasteiger partial charge in [-0.15, -0.1) is 0 Å². The van der Waals surface area contributed by atoms with Crippen molar-refractivity contribution in [2.24, 2.45) is 0 Å². The van der Waals surface area contributed by atoms with Gasteiger partial charge in [0.05, 0.1) is 15.4 Å². The van der Waals surface area contributed by atoms with Crippen LogP contribution >= 0.6 is 23.5 Å². The molecule has 2 aliphatic rings. The van der Waals surface area contributed by atoms with Crippen molar-refractivity contribution >= 4 is 35.1 Å². The Labute approximate surface area is 180 Å². The van der Waals surface area contributed by atoms with Crippen molar-refractivity contribution in [3.8, 4) is 11.5 Å². The van der Waals surface area contributed by atoms with Gasteiger partial charge in [-0.3, -0.25) is 9.59 Å². The lowest BCUT2D eigenvalue weighted by Crippen LogP contribution is -2.16. The summed E-state index contributed by atoms with van der Waals surface area (Å²) >= 11 is 2.78. The van der Waals surface area contributed by atoms with Gasteiger partial charge >= 0.3 is 0 Å². The zero-order valence-corrected chi connectivity index (χ0v) is 18.5. The van der Waals surface area contributed by atoms with E-state index >= 15 is 0 Å². The molecule has 0 amide bonds. The minimum atomic E-state index is -0.305. The van der Waals surface area contributed by atoms with Crippen LogP contribution in [-0.4, -0.2) is 24.8 Å². The number of ether oxygens (including phenoxy) is 2. The van der Waals surface area contributed by atoms with Gasteiger partial charge in [0.25, 0.3) is 0 Å². The van der Waals surface area contributed by atoms with Crippen molar-refractivity contribution in [1.29, 1.82) is 0 Å². The predicted molar refractivity (Wildman–Crippen MR) is 121 cm³/mol. The van der Waals surface area contributed by atoms with Gasteiger partial charge < -0.3 is 9.47 Å². The molecule has 6 heteroatoms. The molecule has 0 bridgehead atoms. The second-order valence-corrected chi connectivity index (χ2v) is 9.14. The van der Waals surface area contributed by atoms with E-state index in [1.807, 2.05) is 10.8 Å². The van der Waals surface area contributed by atoms with Crippen LogP contribution in [-0.2, 0) is 4.79 Å². The highest BCUT2D eigenvalue weighted by atomic mass is 32.2. The van der Waals surface area contributed by atoms with E-state index in [9.17, 15) is 9.59 Å². The fourth-order valence-corrected chi connectivity index (χ4v) is 4.78. The minimum Gasteiger partial charge on any atom is -0.490 e. The maximum absolute atomic E-state index is 13.1. The fraction of sp³-hybridized carbons (Fsp3) is 0.304. The van der Waals surface area contributed by atoms with Crippen molar-refractivity contribution in [2.45, 2.75) is 33.6 Å². The maximum atomic E-state index is 13.1. The average molecular weight is 429 g/mol. The number of rotatable bonds is 6. The van der Waals surface area contributed by atoms with E-state index in [2.05, 4.69) is 32.9 Å². The summed E-state index contributed by atoms with van der Waals surface area (Å²) in [7, 11) is 0. The fourth-order valence-electron chi connectivity index (χ4n) is 2.88. The van der Waals surface area contributed by atoms with Crippen molar-refractivity contribution in [1.82, 2.24) is 0 Å². The third-order valence-corrected chi connectivity index (χ3v) is 6.57. The Morgan fingerprint density at radius 3 is 2.62 bits per heavy atom. The van der Waals surface area contributed by atoms with E-state index < -0.39 is 0 Å². The number of Topliss-reactive ketones (excluding diaryl/α,β-unsaturated/α-hetero) is 2. The van der Waals surface area contributed by atoms with Gasteiger partial charge in [0.1, 0.15) is 18.1 Å². The Balaban J connectivity index is 1.72. The van der Waals surface area contributed by atoms with Gasteiger partial charge in [0.15, 0.2) is 6.61 Å². The first-order valence-corrected chi connectivity index (χ1v) is 11.2. The molecule has 0 unspecified atom stereocenters. The van der Waals surface area contributed by atoms with Gasteiger partial charge in [-0.1, -0.05) is 40.7 Å². The standard InChI is InChI=1S/C23H24O4S2/c1-15(2)5-4-6-16(3)9-10-26-17-7-8-20-18(13-17)22(25)21(19(24)14-27-20)23-28-11-12-29-23/h5,7-9,11-13H,4,6,10,14H2,1-3H3. The van der Waals surface area contributed by atoms with Crippen LogP contribution in [0.2, 0.25) is 0 Å². The number of fused-ring (bicyclic) bond motifs is 1. The number of benzene rings is 1. The summed E-state index contributed by atoms with van der Waals surface area (Å²) in [6, 6.07) is 5.13. The minimum absolute atomic E-state index is 0.132. The van der Waals surface area contributed by atoms with E-state index in [4.69, 9.17) is 9.47 Å². The lowest BCUT2D eigenvalue weighted by atomic mass is 10.0. The molecule has 29 heavy (non-hydrogen) atoms. The van der Waals surface area contributed by atoms with Crippen molar-refractivity contribution in [3.63, 3.8) is 0 Å². The van der Waals surface area contributed by atoms with Crippen LogP contribution in [0.5, 0.6) is 11.5 Å². The van der Waals surface area contributed by atoms with Gasteiger partial charge in [0, 0.05) is 0 Å². The van der Waals surface area contributed by atoms with E-state index in [-0.39, 0.29) is 23.7 Å². The molecule has 2 aliphatic heterocycles. The smallest absolute Gasteiger partial charge is 0.205 e. The van der Waals surface area contributed by atoms with Crippen LogP contribution in [0.4, 0.5) is 0 Å². The van der Waals surface area contributed by atoms with E-state index in [1.165, 1.54) is 34.7 Å². The molecule has 3 rings (SSSR count). The number of ketones is 2. The Morgan fingerprint density at radius 1 is 1.14 bits per heavy atom. The summed E-state index contributed by atoms with van der Waals surface area (Å²) in [5, 5.41) is 3.73. The van der Waals surface area contributed by atoms with Crippen molar-refractivity contribution in [3.05, 3.63) is 67.7 Å². The van der Waals surface area contributed by atoms with Crippen LogP contribution in [0.3, 0.4) is 0 Å². The summed E-state index contributed by atoms with van der Waals surface area (Å²) in [4.78, 5) is 25.5. The first kappa shape index (κ1) is 21.5. The molecule has 1 aromatic rings. The molecule has 4 nitrogen and oxygen atoms in total. The summed E-state index contributed by atoms with van der Waals surface area (Å²) in [5.74, 6) is 0.403. The number of hydrogen-bond acceptors (Lipinski definition) is 6. The molecule has 152 valence electrons. The molecule has 0 aromatic heterocycles. The zero-order chi connectivity index (χ0) is 20.8. The Bertz CT molecular complexity index is 924. The maximum Gasteiger partial charge on any atom is 0.205 e. The van der Waals surface area contributed by atoms with Crippen molar-refractivity contribution < 1.29 is 19.1 Å². The molecule has 0 aliphatic carbocycles. The number of thioether (sulfide) groups is 2. The van der Waals surface area contributed by atoms with Crippen LogP contribution in [0.25, 0.3) is 0 Å². The summed E-state index contributed by atoms with van der Waals surface area (Å²) in [6.45, 7) is 6.58. The predicted octanol–water partition coefficient (Wildman–Crippen LogP) is 6.07. The molecule has 1 aromatic carbocycles. The number of allylic oxidation sites excluding steroid dienone is 3. The number of carbonyl (C=O) groups excluding carboxylic acids is 2. The monoisotopic (exact) mass is 428 g/mol. The first-order valence-electron chi connectivity index (χ1n) is 9.45. The molecule has 0 spiro atoms. The third-order valence-electron chi connectivity index (χ3n) is 4.44. The van der Waals surface area contributed by atoms with Gasteiger partial charge in [0.2, 0.25) is 11.6 Å². The second kappa shape index (κ2) is 10.0. The molecule has 0 saturated carbocycles. The Morgan fingerprint density at radius 2 is 1.90 bits per heavy atom. The molecular weight excluding hydrogens is 404 g/mol. The van der Waals surface area contributed by atoms with Crippen LogP contribution in [0.15, 0.2) is 62.1 Å². The highest BCUT2D eigenvalue weighted by Crippen LogP contribution is 2.42. The van der Waals surface area contributed by atoms with Crippen LogP contribution in [0, 0.1) is 0 Å². The molecule has 0 saturated heterocycles. The topological polar surface area (TPSA) is 52.6 Å². The molecule has 0 N–H and O–H groups in total. The van der Waals surface area contributed by atoms with E-state index in [0.29, 0.717) is 27.9 Å². The highest BCUT2D eigenvalue weighted by Gasteiger charge is 2.31. The average Bonchev–Trinajstić information content (AvgIpc) is 3.17. The SMILES string of the molecule is CC(C)=CCCC(C)=CCOc1ccc2c(c1)C(=O)C(=C1SC=CS1)C(=O)CO2. The highest BCUT2D eigenvalue weighted by molar-refractivity contribution is 8.27. The molecule has 0 fully saturated rings. The lowest BCUT2D eigenvalue weighted by Gasteiger charge is -2.09. The Hall–Kier alpha value is -2.18.